The smallest absolute Gasteiger partial charge is 0.167 e. The zero-order valence-corrected chi connectivity index (χ0v) is 8.95. The van der Waals surface area contributed by atoms with E-state index >= 15 is 0 Å². The van der Waals surface area contributed by atoms with Crippen molar-refractivity contribution in [1.82, 2.24) is 9.78 Å². The molecule has 4 nitrogen and oxygen atoms in total. The first-order chi connectivity index (χ1) is 6.54. The van der Waals surface area contributed by atoms with Gasteiger partial charge in [-0.05, 0) is 13.3 Å². The average molecular weight is 195 g/mol. The molecule has 0 bridgehead atoms. The molecule has 0 aromatic carbocycles. The number of hydrogen-bond donors (Lipinski definition) is 1. The number of nitrogens with zero attached hydrogens (tertiary/aromatic N) is 2. The van der Waals surface area contributed by atoms with E-state index in [9.17, 15) is 4.79 Å². The fourth-order valence-corrected chi connectivity index (χ4v) is 1.37. The van der Waals surface area contributed by atoms with E-state index in [1.54, 1.807) is 10.9 Å². The summed E-state index contributed by atoms with van der Waals surface area (Å²) in [5.41, 5.74) is 7.19. The van der Waals surface area contributed by atoms with Crippen molar-refractivity contribution in [3.8, 4) is 0 Å². The largest absolute Gasteiger partial charge is 0.327 e. The molecule has 1 heterocycles. The molecular weight excluding hydrogens is 178 g/mol. The molecule has 4 heteroatoms. The van der Waals surface area contributed by atoms with E-state index in [4.69, 9.17) is 5.73 Å². The predicted octanol–water partition coefficient (Wildman–Crippen LogP) is 1.04. The number of nitrogens with two attached hydrogens (primary N) is 1. The summed E-state index contributed by atoms with van der Waals surface area (Å²) in [4.78, 5) is 11.7. The zero-order chi connectivity index (χ0) is 10.7. The third-order valence-electron chi connectivity index (χ3n) is 2.29. The summed E-state index contributed by atoms with van der Waals surface area (Å²) in [6, 6.07) is -0.0397. The molecule has 14 heavy (non-hydrogen) atoms. The number of carbonyl (C=O) groups is 1. The van der Waals surface area contributed by atoms with Crippen molar-refractivity contribution in [2.45, 2.75) is 32.7 Å². The van der Waals surface area contributed by atoms with E-state index in [0.717, 1.165) is 12.1 Å². The van der Waals surface area contributed by atoms with Crippen molar-refractivity contribution < 1.29 is 4.79 Å². The Balaban J connectivity index is 2.74. The van der Waals surface area contributed by atoms with Crippen LogP contribution in [0.5, 0.6) is 0 Å². The van der Waals surface area contributed by atoms with Crippen LogP contribution in [0.1, 0.15) is 35.8 Å². The van der Waals surface area contributed by atoms with Crippen molar-refractivity contribution in [3.05, 3.63) is 17.5 Å². The van der Waals surface area contributed by atoms with Gasteiger partial charge in [0.2, 0.25) is 0 Å². The monoisotopic (exact) mass is 195 g/mol. The summed E-state index contributed by atoms with van der Waals surface area (Å²) in [6.07, 6.45) is 2.98. The minimum atomic E-state index is -0.0397. The van der Waals surface area contributed by atoms with Crippen molar-refractivity contribution in [2.75, 3.05) is 0 Å². The summed E-state index contributed by atoms with van der Waals surface area (Å²) >= 11 is 0. The molecule has 0 aliphatic heterocycles. The fourth-order valence-electron chi connectivity index (χ4n) is 1.37. The number of carbonyl (C=O) groups excluding carboxylic acids is 1. The number of ketones is 1. The Kier molecular flexibility index (Phi) is 3.41. The van der Waals surface area contributed by atoms with Gasteiger partial charge in [0.1, 0.15) is 0 Å². The normalized spacial score (nSPS) is 12.9. The number of aromatic nitrogens is 2. The maximum absolute atomic E-state index is 11.7. The highest BCUT2D eigenvalue weighted by Crippen LogP contribution is 2.09. The van der Waals surface area contributed by atoms with Crippen LogP contribution in [0.25, 0.3) is 0 Å². The standard InChI is InChI=1S/C10H17N3O/c1-4-8(11)5-10(14)9-6-13(3)12-7(9)2/h6,8H,4-5,11H2,1-3H3. The van der Waals surface area contributed by atoms with Crippen LogP contribution in [0.15, 0.2) is 6.20 Å². The van der Waals surface area contributed by atoms with Crippen LogP contribution in [-0.4, -0.2) is 21.6 Å². The molecule has 1 rings (SSSR count). The molecule has 2 N–H and O–H groups in total. The summed E-state index contributed by atoms with van der Waals surface area (Å²) in [6.45, 7) is 3.82. The van der Waals surface area contributed by atoms with Crippen molar-refractivity contribution >= 4 is 5.78 Å². The van der Waals surface area contributed by atoms with E-state index in [1.165, 1.54) is 0 Å². The second-order valence-electron chi connectivity index (χ2n) is 3.60. The summed E-state index contributed by atoms with van der Waals surface area (Å²) in [7, 11) is 1.81. The van der Waals surface area contributed by atoms with Crippen LogP contribution >= 0.6 is 0 Å². The van der Waals surface area contributed by atoms with Gasteiger partial charge in [-0.25, -0.2) is 0 Å². The van der Waals surface area contributed by atoms with Crippen molar-refractivity contribution in [1.29, 1.82) is 0 Å². The van der Waals surface area contributed by atoms with Gasteiger partial charge < -0.3 is 5.73 Å². The van der Waals surface area contributed by atoms with Crippen LogP contribution in [0.2, 0.25) is 0 Å². The molecule has 1 unspecified atom stereocenters. The zero-order valence-electron chi connectivity index (χ0n) is 8.95. The molecule has 0 aliphatic carbocycles. The minimum absolute atomic E-state index is 0.0397. The highest BCUT2D eigenvalue weighted by Gasteiger charge is 2.14. The van der Waals surface area contributed by atoms with Gasteiger partial charge in [-0.3, -0.25) is 9.48 Å². The first-order valence-electron chi connectivity index (χ1n) is 4.83. The van der Waals surface area contributed by atoms with E-state index in [-0.39, 0.29) is 11.8 Å². The lowest BCUT2D eigenvalue weighted by Crippen LogP contribution is -2.22. The fraction of sp³-hybridized carbons (Fsp3) is 0.600. The number of aryl methyl sites for hydroxylation is 2. The topological polar surface area (TPSA) is 60.9 Å². The second kappa shape index (κ2) is 4.37. The lowest BCUT2D eigenvalue weighted by molar-refractivity contribution is 0.0973. The number of rotatable bonds is 4. The van der Waals surface area contributed by atoms with E-state index in [1.807, 2.05) is 20.9 Å². The molecule has 0 spiro atoms. The molecule has 0 saturated carbocycles. The Morgan fingerprint density at radius 2 is 2.36 bits per heavy atom. The molecule has 1 atom stereocenters. The Morgan fingerprint density at radius 3 is 2.79 bits per heavy atom. The Bertz CT molecular complexity index is 330. The molecule has 1 aromatic heterocycles. The second-order valence-corrected chi connectivity index (χ2v) is 3.60. The van der Waals surface area contributed by atoms with Gasteiger partial charge in [-0.15, -0.1) is 0 Å². The maximum atomic E-state index is 11.7. The first-order valence-corrected chi connectivity index (χ1v) is 4.83. The third kappa shape index (κ3) is 2.42. The SMILES string of the molecule is CCC(N)CC(=O)c1cn(C)nc1C. The predicted molar refractivity (Wildman–Crippen MR) is 55.2 cm³/mol. The molecule has 0 saturated heterocycles. The highest BCUT2D eigenvalue weighted by molar-refractivity contribution is 5.97. The van der Waals surface area contributed by atoms with Gasteiger partial charge in [0.05, 0.1) is 11.3 Å². The van der Waals surface area contributed by atoms with Crippen LogP contribution in [0.3, 0.4) is 0 Å². The molecule has 0 aliphatic rings. The molecule has 0 radical (unpaired) electrons. The molecular formula is C10H17N3O. The maximum Gasteiger partial charge on any atom is 0.167 e. The lowest BCUT2D eigenvalue weighted by Gasteiger charge is -2.05. The molecule has 78 valence electrons. The third-order valence-corrected chi connectivity index (χ3v) is 2.29. The Morgan fingerprint density at radius 1 is 1.71 bits per heavy atom. The van der Waals surface area contributed by atoms with Gasteiger partial charge in [0.25, 0.3) is 0 Å². The van der Waals surface area contributed by atoms with Crippen molar-refractivity contribution in [2.24, 2.45) is 12.8 Å². The molecule has 0 amide bonds. The minimum Gasteiger partial charge on any atom is -0.327 e. The quantitative estimate of drug-likeness (QED) is 0.730. The van der Waals surface area contributed by atoms with Gasteiger partial charge in [0.15, 0.2) is 5.78 Å². The van der Waals surface area contributed by atoms with Crippen LogP contribution < -0.4 is 5.73 Å². The van der Waals surface area contributed by atoms with Crippen LogP contribution in [0, 0.1) is 6.92 Å². The number of Topliss-reactive ketones (excluding diaryl/α,β-unsaturated/α-hetero) is 1. The van der Waals surface area contributed by atoms with Gasteiger partial charge in [0, 0.05) is 25.7 Å². The van der Waals surface area contributed by atoms with Gasteiger partial charge in [-0.2, -0.15) is 5.10 Å². The Labute approximate surface area is 84.1 Å². The highest BCUT2D eigenvalue weighted by atomic mass is 16.1. The summed E-state index contributed by atoms with van der Waals surface area (Å²) < 4.78 is 1.65. The first kappa shape index (κ1) is 10.9. The molecule has 0 fully saturated rings. The van der Waals surface area contributed by atoms with Gasteiger partial charge in [-0.1, -0.05) is 6.92 Å². The summed E-state index contributed by atoms with van der Waals surface area (Å²) in [5, 5.41) is 4.12. The van der Waals surface area contributed by atoms with Crippen LogP contribution in [0.4, 0.5) is 0 Å². The van der Waals surface area contributed by atoms with E-state index in [2.05, 4.69) is 5.10 Å². The summed E-state index contributed by atoms with van der Waals surface area (Å²) in [5.74, 6) is 0.0879. The van der Waals surface area contributed by atoms with Crippen molar-refractivity contribution in [3.63, 3.8) is 0 Å². The van der Waals surface area contributed by atoms with Crippen LogP contribution in [-0.2, 0) is 7.05 Å². The van der Waals surface area contributed by atoms with Gasteiger partial charge >= 0.3 is 0 Å². The lowest BCUT2D eigenvalue weighted by atomic mass is 10.0. The average Bonchev–Trinajstić information content (AvgIpc) is 2.45. The number of hydrogen-bond acceptors (Lipinski definition) is 3. The van der Waals surface area contributed by atoms with E-state index in [0.29, 0.717) is 12.0 Å². The Hall–Kier alpha value is -1.16. The van der Waals surface area contributed by atoms with E-state index < -0.39 is 0 Å². The molecule has 1 aromatic rings.